The third-order valence-corrected chi connectivity index (χ3v) is 3.46. The molecule has 1 atom stereocenters. The van der Waals surface area contributed by atoms with Crippen molar-refractivity contribution in [2.24, 2.45) is 0 Å². The second-order valence-corrected chi connectivity index (χ2v) is 4.92. The van der Waals surface area contributed by atoms with Crippen LogP contribution in [0.25, 0.3) is 11.3 Å². The average Bonchev–Trinajstić information content (AvgIpc) is 2.89. The lowest BCUT2D eigenvalue weighted by atomic mass is 10.1. The van der Waals surface area contributed by atoms with Gasteiger partial charge in [0.05, 0.1) is 12.2 Å². The van der Waals surface area contributed by atoms with Gasteiger partial charge in [-0.05, 0) is 19.8 Å². The van der Waals surface area contributed by atoms with E-state index in [1.165, 1.54) is 11.3 Å². The molecule has 0 spiro atoms. The van der Waals surface area contributed by atoms with Crippen LogP contribution in [0.2, 0.25) is 0 Å². The van der Waals surface area contributed by atoms with Crippen molar-refractivity contribution in [1.82, 2.24) is 15.3 Å². The molecule has 1 unspecified atom stereocenters. The number of aromatic nitrogens is 2. The Balaban J connectivity index is 2.18. The van der Waals surface area contributed by atoms with E-state index >= 15 is 0 Å². The summed E-state index contributed by atoms with van der Waals surface area (Å²) in [5.74, 6) is 1.02. The Kier molecular flexibility index (Phi) is 4.74. The molecule has 3 heteroatoms. The summed E-state index contributed by atoms with van der Waals surface area (Å²) in [6, 6.07) is 10.9. The Morgan fingerprint density at radius 2 is 1.95 bits per heavy atom. The van der Waals surface area contributed by atoms with E-state index in [0.717, 1.165) is 30.9 Å². The minimum Gasteiger partial charge on any atom is -0.344 e. The quantitative estimate of drug-likeness (QED) is 0.831. The number of H-pyrrole nitrogens is 1. The Morgan fingerprint density at radius 3 is 2.58 bits per heavy atom. The summed E-state index contributed by atoms with van der Waals surface area (Å²) < 4.78 is 0. The van der Waals surface area contributed by atoms with Crippen molar-refractivity contribution in [3.8, 4) is 11.3 Å². The molecule has 0 saturated carbocycles. The molecule has 1 aromatic heterocycles. The second-order valence-electron chi connectivity index (χ2n) is 4.92. The van der Waals surface area contributed by atoms with Crippen molar-refractivity contribution in [1.29, 1.82) is 0 Å². The summed E-state index contributed by atoms with van der Waals surface area (Å²) in [4.78, 5) is 8.18. The van der Waals surface area contributed by atoms with Gasteiger partial charge in [0.25, 0.3) is 0 Å². The van der Waals surface area contributed by atoms with Gasteiger partial charge >= 0.3 is 0 Å². The van der Waals surface area contributed by atoms with Crippen molar-refractivity contribution in [2.45, 2.75) is 46.2 Å². The molecule has 1 heterocycles. The van der Waals surface area contributed by atoms with Crippen LogP contribution < -0.4 is 5.32 Å². The maximum absolute atomic E-state index is 4.74. The van der Waals surface area contributed by atoms with E-state index in [1.54, 1.807) is 0 Å². The molecule has 0 aliphatic heterocycles. The van der Waals surface area contributed by atoms with Crippen LogP contribution in [-0.4, -0.2) is 16.0 Å². The number of aromatic amines is 1. The number of benzene rings is 1. The molecule has 2 rings (SSSR count). The minimum absolute atomic E-state index is 0.523. The van der Waals surface area contributed by atoms with E-state index in [9.17, 15) is 0 Å². The Hall–Kier alpha value is -1.61. The molecule has 3 nitrogen and oxygen atoms in total. The maximum atomic E-state index is 4.74. The van der Waals surface area contributed by atoms with Gasteiger partial charge in [0.15, 0.2) is 0 Å². The number of nitrogens with zero attached hydrogens (tertiary/aromatic N) is 1. The van der Waals surface area contributed by atoms with Crippen molar-refractivity contribution < 1.29 is 0 Å². The van der Waals surface area contributed by atoms with Crippen LogP contribution in [0.5, 0.6) is 0 Å². The number of aryl methyl sites for hydroxylation is 1. The predicted molar refractivity (Wildman–Crippen MR) is 80.0 cm³/mol. The molecular formula is C16H23N3. The Bertz CT molecular complexity index is 502. The topological polar surface area (TPSA) is 40.7 Å². The average molecular weight is 257 g/mol. The highest BCUT2D eigenvalue weighted by molar-refractivity contribution is 5.61. The lowest BCUT2D eigenvalue weighted by Crippen LogP contribution is -2.24. The van der Waals surface area contributed by atoms with Crippen LogP contribution in [-0.2, 0) is 13.0 Å². The first-order valence-corrected chi connectivity index (χ1v) is 7.11. The van der Waals surface area contributed by atoms with Crippen molar-refractivity contribution in [3.05, 3.63) is 41.9 Å². The molecule has 2 aromatic rings. The van der Waals surface area contributed by atoms with Crippen LogP contribution in [0.15, 0.2) is 30.3 Å². The fourth-order valence-corrected chi connectivity index (χ4v) is 2.05. The molecule has 0 aliphatic rings. The van der Waals surface area contributed by atoms with Gasteiger partial charge in [-0.15, -0.1) is 0 Å². The van der Waals surface area contributed by atoms with E-state index in [-0.39, 0.29) is 0 Å². The molecule has 0 amide bonds. The van der Waals surface area contributed by atoms with Crippen LogP contribution in [0.1, 0.15) is 38.7 Å². The highest BCUT2D eigenvalue weighted by atomic mass is 15.0. The zero-order valence-corrected chi connectivity index (χ0v) is 12.0. The number of hydrogen-bond donors (Lipinski definition) is 2. The van der Waals surface area contributed by atoms with E-state index in [0.29, 0.717) is 6.04 Å². The van der Waals surface area contributed by atoms with Crippen LogP contribution in [0.3, 0.4) is 0 Å². The van der Waals surface area contributed by atoms with E-state index < -0.39 is 0 Å². The van der Waals surface area contributed by atoms with Gasteiger partial charge in [0.1, 0.15) is 5.82 Å². The van der Waals surface area contributed by atoms with Crippen molar-refractivity contribution in [2.75, 3.05) is 0 Å². The fraction of sp³-hybridized carbons (Fsp3) is 0.438. The summed E-state index contributed by atoms with van der Waals surface area (Å²) in [7, 11) is 0. The first-order valence-electron chi connectivity index (χ1n) is 7.11. The molecule has 102 valence electrons. The lowest BCUT2D eigenvalue weighted by molar-refractivity contribution is 0.524. The van der Waals surface area contributed by atoms with Gasteiger partial charge in [-0.3, -0.25) is 0 Å². The van der Waals surface area contributed by atoms with E-state index in [2.05, 4.69) is 55.3 Å². The summed E-state index contributed by atoms with van der Waals surface area (Å²) >= 11 is 0. The lowest BCUT2D eigenvalue weighted by Gasteiger charge is -2.08. The molecule has 1 aromatic carbocycles. The summed E-state index contributed by atoms with van der Waals surface area (Å²) in [6.45, 7) is 7.34. The van der Waals surface area contributed by atoms with Gasteiger partial charge in [0, 0.05) is 17.3 Å². The molecule has 2 N–H and O–H groups in total. The van der Waals surface area contributed by atoms with Gasteiger partial charge in [-0.1, -0.05) is 44.2 Å². The van der Waals surface area contributed by atoms with Gasteiger partial charge in [-0.2, -0.15) is 0 Å². The second kappa shape index (κ2) is 6.53. The first kappa shape index (κ1) is 13.8. The van der Waals surface area contributed by atoms with Gasteiger partial charge in [-0.25, -0.2) is 4.98 Å². The van der Waals surface area contributed by atoms with Crippen LogP contribution in [0.4, 0.5) is 0 Å². The molecule has 0 aliphatic carbocycles. The first-order chi connectivity index (χ1) is 9.24. The number of imidazole rings is 1. The zero-order chi connectivity index (χ0) is 13.7. The number of rotatable bonds is 6. The highest BCUT2D eigenvalue weighted by Crippen LogP contribution is 2.21. The number of hydrogen-bond acceptors (Lipinski definition) is 2. The fourth-order valence-electron chi connectivity index (χ4n) is 2.05. The summed E-state index contributed by atoms with van der Waals surface area (Å²) in [5, 5.41) is 3.47. The standard InChI is InChI=1S/C16H23N3/c1-4-12(3)17-11-15-18-14(5-2)16(19-15)13-9-7-6-8-10-13/h6-10,12,17H,4-5,11H2,1-3H3,(H,18,19). The smallest absolute Gasteiger partial charge is 0.121 e. The largest absolute Gasteiger partial charge is 0.344 e. The van der Waals surface area contributed by atoms with E-state index in [4.69, 9.17) is 4.98 Å². The van der Waals surface area contributed by atoms with Gasteiger partial charge < -0.3 is 10.3 Å². The molecule has 0 bridgehead atoms. The SMILES string of the molecule is CCc1[nH]c(CNC(C)CC)nc1-c1ccccc1. The summed E-state index contributed by atoms with van der Waals surface area (Å²) in [6.07, 6.45) is 2.10. The zero-order valence-electron chi connectivity index (χ0n) is 12.0. The normalized spacial score (nSPS) is 12.6. The van der Waals surface area contributed by atoms with E-state index in [1.807, 2.05) is 6.07 Å². The third kappa shape index (κ3) is 3.44. The summed E-state index contributed by atoms with van der Waals surface area (Å²) in [5.41, 5.74) is 3.49. The number of nitrogens with one attached hydrogen (secondary N) is 2. The van der Waals surface area contributed by atoms with Crippen LogP contribution >= 0.6 is 0 Å². The Labute approximate surface area is 115 Å². The van der Waals surface area contributed by atoms with Crippen molar-refractivity contribution in [3.63, 3.8) is 0 Å². The highest BCUT2D eigenvalue weighted by Gasteiger charge is 2.10. The molecular weight excluding hydrogens is 234 g/mol. The molecule has 0 fully saturated rings. The molecule has 19 heavy (non-hydrogen) atoms. The predicted octanol–water partition coefficient (Wildman–Crippen LogP) is 3.53. The molecule has 0 saturated heterocycles. The minimum atomic E-state index is 0.523. The van der Waals surface area contributed by atoms with Crippen molar-refractivity contribution >= 4 is 0 Å². The maximum Gasteiger partial charge on any atom is 0.121 e. The van der Waals surface area contributed by atoms with Gasteiger partial charge in [0.2, 0.25) is 0 Å². The third-order valence-electron chi connectivity index (χ3n) is 3.46. The van der Waals surface area contributed by atoms with Crippen LogP contribution in [0, 0.1) is 0 Å². The monoisotopic (exact) mass is 257 g/mol. The molecule has 0 radical (unpaired) electrons. The Morgan fingerprint density at radius 1 is 1.21 bits per heavy atom.